The molecule has 0 aliphatic carbocycles. The maximum Gasteiger partial charge on any atom is 0.220 e. The first kappa shape index (κ1) is 70.9. The first-order chi connectivity index (χ1) is 36.8. The quantitative estimate of drug-likeness (QED) is 0.0261. The zero-order valence-corrected chi connectivity index (χ0v) is 48.8. The van der Waals surface area contributed by atoms with Gasteiger partial charge in [-0.25, -0.2) is 0 Å². The van der Waals surface area contributed by atoms with Gasteiger partial charge in [-0.1, -0.05) is 280 Å². The van der Waals surface area contributed by atoms with Gasteiger partial charge in [0.2, 0.25) is 5.91 Å². The molecule has 7 unspecified atom stereocenters. The lowest BCUT2D eigenvalue weighted by Crippen LogP contribution is -2.60. The molecule has 6 N–H and O–H groups in total. The molecule has 1 aliphatic rings. The van der Waals surface area contributed by atoms with Crippen LogP contribution < -0.4 is 5.32 Å². The van der Waals surface area contributed by atoms with Crippen molar-refractivity contribution in [1.29, 1.82) is 0 Å². The second-order valence-corrected chi connectivity index (χ2v) is 22.2. The van der Waals surface area contributed by atoms with E-state index in [9.17, 15) is 30.3 Å². The molecule has 0 saturated carbocycles. The first-order valence-corrected chi connectivity index (χ1v) is 32.0. The number of rotatable bonds is 55. The zero-order valence-electron chi connectivity index (χ0n) is 48.8. The summed E-state index contributed by atoms with van der Waals surface area (Å²) in [6.45, 7) is 3.73. The number of nitrogens with one attached hydrogen (secondary N) is 1. The van der Waals surface area contributed by atoms with E-state index in [1.165, 1.54) is 225 Å². The van der Waals surface area contributed by atoms with Gasteiger partial charge >= 0.3 is 0 Å². The van der Waals surface area contributed by atoms with Gasteiger partial charge in [-0.2, -0.15) is 0 Å². The molecule has 0 spiro atoms. The van der Waals surface area contributed by atoms with Crippen molar-refractivity contribution in [1.82, 2.24) is 5.32 Å². The Labute approximate surface area is 462 Å². The molecule has 1 fully saturated rings. The van der Waals surface area contributed by atoms with Gasteiger partial charge in [0.25, 0.3) is 0 Å². The van der Waals surface area contributed by atoms with E-state index in [2.05, 4.69) is 67.8 Å². The second-order valence-electron chi connectivity index (χ2n) is 22.2. The molecule has 0 aromatic carbocycles. The van der Waals surface area contributed by atoms with E-state index >= 15 is 0 Å². The van der Waals surface area contributed by atoms with Gasteiger partial charge in [0, 0.05) is 6.42 Å². The third kappa shape index (κ3) is 44.4. The molecule has 9 heteroatoms. The van der Waals surface area contributed by atoms with E-state index < -0.39 is 49.5 Å². The largest absolute Gasteiger partial charge is 0.394 e. The van der Waals surface area contributed by atoms with Crippen molar-refractivity contribution < 1.29 is 39.8 Å². The number of ether oxygens (including phenoxy) is 2. The van der Waals surface area contributed by atoms with Crippen LogP contribution >= 0.6 is 0 Å². The van der Waals surface area contributed by atoms with Crippen molar-refractivity contribution in [3.63, 3.8) is 0 Å². The van der Waals surface area contributed by atoms with E-state index in [1.807, 2.05) is 6.08 Å². The highest BCUT2D eigenvalue weighted by molar-refractivity contribution is 5.76. The minimum absolute atomic E-state index is 0.185. The van der Waals surface area contributed by atoms with Crippen LogP contribution in [0.5, 0.6) is 0 Å². The number of unbranched alkanes of at least 4 members (excludes halogenated alkanes) is 37. The van der Waals surface area contributed by atoms with Crippen molar-refractivity contribution in [3.05, 3.63) is 60.8 Å². The highest BCUT2D eigenvalue weighted by Crippen LogP contribution is 2.23. The fourth-order valence-corrected chi connectivity index (χ4v) is 10.0. The number of aliphatic hydroxyl groups excluding tert-OH is 5. The summed E-state index contributed by atoms with van der Waals surface area (Å²) in [5, 5.41) is 54.3. The molecular formula is C66H121NO8. The van der Waals surface area contributed by atoms with Crippen LogP contribution in [0.25, 0.3) is 0 Å². The Hall–Kier alpha value is -2.11. The highest BCUT2D eigenvalue weighted by atomic mass is 16.7. The van der Waals surface area contributed by atoms with E-state index in [0.717, 1.165) is 51.4 Å². The van der Waals surface area contributed by atoms with E-state index in [1.54, 1.807) is 6.08 Å². The van der Waals surface area contributed by atoms with Crippen LogP contribution in [-0.4, -0.2) is 87.5 Å². The average molecular weight is 1060 g/mol. The molecule has 75 heavy (non-hydrogen) atoms. The number of hydrogen-bond donors (Lipinski definition) is 6. The number of aliphatic hydroxyl groups is 5. The number of carbonyl (C=O) groups excluding carboxylic acids is 1. The Morgan fingerprint density at radius 3 is 1.21 bits per heavy atom. The van der Waals surface area contributed by atoms with Gasteiger partial charge in [0.15, 0.2) is 6.29 Å². The molecule has 1 heterocycles. The molecule has 1 amide bonds. The Kier molecular flexibility index (Phi) is 52.2. The summed E-state index contributed by atoms with van der Waals surface area (Å²) < 4.78 is 11.2. The Morgan fingerprint density at radius 1 is 0.453 bits per heavy atom. The van der Waals surface area contributed by atoms with Crippen molar-refractivity contribution in [3.8, 4) is 0 Å². The minimum Gasteiger partial charge on any atom is -0.394 e. The molecule has 7 atom stereocenters. The summed E-state index contributed by atoms with van der Waals surface area (Å²) in [5.41, 5.74) is 0. The molecule has 0 aromatic heterocycles. The summed E-state index contributed by atoms with van der Waals surface area (Å²) in [6, 6.07) is -0.820. The molecule has 0 aromatic rings. The topological polar surface area (TPSA) is 149 Å². The third-order valence-corrected chi connectivity index (χ3v) is 15.1. The number of amides is 1. The summed E-state index contributed by atoms with van der Waals surface area (Å²) in [4.78, 5) is 13.0. The van der Waals surface area contributed by atoms with Crippen molar-refractivity contribution in [2.75, 3.05) is 13.2 Å². The average Bonchev–Trinajstić information content (AvgIpc) is 3.41. The van der Waals surface area contributed by atoms with Crippen LogP contribution in [0.2, 0.25) is 0 Å². The van der Waals surface area contributed by atoms with Gasteiger partial charge in [-0.15, -0.1) is 0 Å². The zero-order chi connectivity index (χ0) is 54.3. The Morgan fingerprint density at radius 2 is 0.800 bits per heavy atom. The Balaban J connectivity index is 2.00. The molecule has 1 aliphatic heterocycles. The fraction of sp³-hybridized carbons (Fsp3) is 0.833. The van der Waals surface area contributed by atoms with Gasteiger partial charge in [-0.3, -0.25) is 4.79 Å². The molecule has 438 valence electrons. The summed E-state index contributed by atoms with van der Waals surface area (Å²) in [5.74, 6) is -0.185. The van der Waals surface area contributed by atoms with Crippen LogP contribution in [0.4, 0.5) is 0 Å². The van der Waals surface area contributed by atoms with Crippen LogP contribution in [-0.2, 0) is 14.3 Å². The molecule has 1 rings (SSSR count). The van der Waals surface area contributed by atoms with Crippen LogP contribution in [0.15, 0.2) is 60.8 Å². The van der Waals surface area contributed by atoms with Gasteiger partial charge in [0.05, 0.1) is 25.4 Å². The lowest BCUT2D eigenvalue weighted by molar-refractivity contribution is -0.302. The van der Waals surface area contributed by atoms with Crippen molar-refractivity contribution >= 4 is 5.91 Å². The van der Waals surface area contributed by atoms with Gasteiger partial charge in [-0.05, 0) is 70.6 Å². The third-order valence-electron chi connectivity index (χ3n) is 15.1. The lowest BCUT2D eigenvalue weighted by Gasteiger charge is -2.40. The molecule has 0 bridgehead atoms. The first-order valence-electron chi connectivity index (χ1n) is 32.0. The van der Waals surface area contributed by atoms with Crippen LogP contribution in [0.3, 0.4) is 0 Å². The number of carbonyl (C=O) groups is 1. The minimum atomic E-state index is -1.57. The highest BCUT2D eigenvalue weighted by Gasteiger charge is 2.44. The molecule has 9 nitrogen and oxygen atoms in total. The maximum absolute atomic E-state index is 13.0. The molecular weight excluding hydrogens is 935 g/mol. The molecule has 1 saturated heterocycles. The predicted molar refractivity (Wildman–Crippen MR) is 318 cm³/mol. The smallest absolute Gasteiger partial charge is 0.220 e. The van der Waals surface area contributed by atoms with E-state index in [0.29, 0.717) is 6.42 Å². The number of allylic oxidation sites excluding steroid dienone is 9. The van der Waals surface area contributed by atoms with Gasteiger partial charge in [0.1, 0.15) is 24.4 Å². The summed E-state index contributed by atoms with van der Waals surface area (Å²) in [6.07, 6.45) is 69.2. The van der Waals surface area contributed by atoms with Crippen molar-refractivity contribution in [2.45, 2.75) is 339 Å². The maximum atomic E-state index is 13.0. The van der Waals surface area contributed by atoms with Crippen LogP contribution in [0.1, 0.15) is 296 Å². The second kappa shape index (κ2) is 55.2. The monoisotopic (exact) mass is 1060 g/mol. The Bertz CT molecular complexity index is 1360. The standard InChI is InChI=1S/C66H121NO8/c1-3-5-7-9-11-13-15-16-17-18-19-20-21-22-23-24-25-26-27-28-29-30-31-32-33-34-35-36-37-38-39-40-41-42-43-44-46-48-50-52-54-56-62(70)67-59(58-74-66-65(73)64(72)63(71)61(57-68)75-66)60(69)55-53-51-49-47-45-14-12-10-8-6-4-2/h15-16,18-19,21-22,45,47,53,55,59-61,63-66,68-69,71-73H,3-14,17,20,23-44,46,48-52,54,56-58H2,1-2H3,(H,67,70)/b16-15-,19-18-,22-21-,47-45+,55-53+. The SMILES string of the molecule is CCCCCCC/C=C\C/C=C\C/C=C\CCCCCCCCCCCCCCCCCCCCCCCCCCCCC(=O)NC(COC1OC(CO)C(O)C(O)C1O)C(O)/C=C/CC/C=C/CCCCCCC. The fourth-order valence-electron chi connectivity index (χ4n) is 10.0. The normalized spacial score (nSPS) is 19.3. The van der Waals surface area contributed by atoms with Gasteiger partial charge < -0.3 is 40.3 Å². The summed E-state index contributed by atoms with van der Waals surface area (Å²) in [7, 11) is 0. The van der Waals surface area contributed by atoms with E-state index in [4.69, 9.17) is 9.47 Å². The summed E-state index contributed by atoms with van der Waals surface area (Å²) >= 11 is 0. The lowest BCUT2D eigenvalue weighted by atomic mass is 9.99. The number of hydrogen-bond acceptors (Lipinski definition) is 8. The van der Waals surface area contributed by atoms with Crippen LogP contribution in [0, 0.1) is 0 Å². The van der Waals surface area contributed by atoms with Crippen molar-refractivity contribution in [2.24, 2.45) is 0 Å². The van der Waals surface area contributed by atoms with E-state index in [-0.39, 0.29) is 12.5 Å². The molecule has 0 radical (unpaired) electrons. The predicted octanol–water partition coefficient (Wildman–Crippen LogP) is 16.6.